The van der Waals surface area contributed by atoms with E-state index in [2.05, 4.69) is 6.58 Å². The van der Waals surface area contributed by atoms with Crippen molar-refractivity contribution in [3.63, 3.8) is 0 Å². The molecule has 0 atom stereocenters. The zero-order valence-electron chi connectivity index (χ0n) is 6.22. The van der Waals surface area contributed by atoms with Gasteiger partial charge < -0.3 is 9.68 Å². The van der Waals surface area contributed by atoms with Crippen molar-refractivity contribution in [3.05, 3.63) is 12.6 Å². The Labute approximate surface area is 56.7 Å². The largest absolute Gasteiger partial charge is 0.483 e. The van der Waals surface area contributed by atoms with Crippen molar-refractivity contribution in [1.82, 2.24) is 0 Å². The lowest BCUT2D eigenvalue weighted by Gasteiger charge is -2.20. The van der Waals surface area contributed by atoms with Crippen LogP contribution in [0, 0.1) is 0 Å². The summed E-state index contributed by atoms with van der Waals surface area (Å²) in [5, 5.41) is 8.85. The summed E-state index contributed by atoms with van der Waals surface area (Å²) in [4.78, 5) is 0. The van der Waals surface area contributed by atoms with E-state index in [4.69, 9.17) is 9.68 Å². The molecule has 0 aromatic heterocycles. The highest BCUT2D eigenvalue weighted by atomic mass is 16.5. The Morgan fingerprint density at radius 1 is 1.56 bits per heavy atom. The molecule has 0 aliphatic heterocycles. The smallest absolute Gasteiger partial charge is 0.423 e. The molecule has 0 saturated heterocycles. The molecular weight excluding hydrogens is 115 g/mol. The van der Waals surface area contributed by atoms with Crippen LogP contribution in [0.5, 0.6) is 0 Å². The molecule has 0 spiro atoms. The van der Waals surface area contributed by atoms with Gasteiger partial charge in [-0.15, -0.1) is 6.58 Å². The molecule has 0 unspecified atom stereocenters. The Morgan fingerprint density at radius 3 is 2.11 bits per heavy atom. The second kappa shape index (κ2) is 3.04. The maximum Gasteiger partial charge on any atom is 0.483 e. The lowest BCUT2D eigenvalue weighted by molar-refractivity contribution is 0.106. The summed E-state index contributed by atoms with van der Waals surface area (Å²) in [5.74, 6) is 1.35. The first-order chi connectivity index (χ1) is 3.95. The third kappa shape index (κ3) is 5.60. The van der Waals surface area contributed by atoms with E-state index < -0.39 is 7.12 Å². The zero-order valence-corrected chi connectivity index (χ0v) is 6.22. The van der Waals surface area contributed by atoms with E-state index in [0.29, 0.717) is 0 Å². The molecule has 0 heterocycles. The molecule has 9 heavy (non-hydrogen) atoms. The maximum absolute atomic E-state index is 8.85. The molecule has 0 aromatic carbocycles. The Bertz CT molecular complexity index is 95.7. The SMILES string of the molecule is C=CB(O)OC(C)(C)C. The third-order valence-corrected chi connectivity index (χ3v) is 0.676. The molecule has 3 heteroatoms. The van der Waals surface area contributed by atoms with E-state index in [-0.39, 0.29) is 5.60 Å². The van der Waals surface area contributed by atoms with E-state index in [9.17, 15) is 0 Å². The zero-order chi connectivity index (χ0) is 7.49. The van der Waals surface area contributed by atoms with Gasteiger partial charge in [0, 0.05) is 5.60 Å². The highest BCUT2D eigenvalue weighted by Crippen LogP contribution is 2.07. The summed E-state index contributed by atoms with van der Waals surface area (Å²) < 4.78 is 5.02. The lowest BCUT2D eigenvalue weighted by Crippen LogP contribution is -2.29. The van der Waals surface area contributed by atoms with Crippen LogP contribution >= 0.6 is 0 Å². The molecule has 1 N–H and O–H groups in total. The van der Waals surface area contributed by atoms with E-state index in [1.165, 1.54) is 5.98 Å². The first-order valence-corrected chi connectivity index (χ1v) is 2.94. The fourth-order valence-electron chi connectivity index (χ4n) is 0.410. The standard InChI is InChI=1S/C6H13BO2/c1-5-7(8)9-6(2,3)4/h5,8H,1H2,2-4H3. The van der Waals surface area contributed by atoms with Crippen molar-refractivity contribution in [2.45, 2.75) is 26.4 Å². The van der Waals surface area contributed by atoms with Gasteiger partial charge in [-0.2, -0.15) is 0 Å². The van der Waals surface area contributed by atoms with Gasteiger partial charge in [-0.25, -0.2) is 0 Å². The molecule has 0 aromatic rings. The third-order valence-electron chi connectivity index (χ3n) is 0.676. The molecule has 0 saturated carbocycles. The predicted molar refractivity (Wildman–Crippen MR) is 39.0 cm³/mol. The van der Waals surface area contributed by atoms with Gasteiger partial charge in [-0.3, -0.25) is 0 Å². The van der Waals surface area contributed by atoms with Crippen molar-refractivity contribution in [1.29, 1.82) is 0 Å². The molecule has 52 valence electrons. The first kappa shape index (κ1) is 8.72. The van der Waals surface area contributed by atoms with Gasteiger partial charge in [-0.1, -0.05) is 5.98 Å². The maximum atomic E-state index is 8.85. The van der Waals surface area contributed by atoms with Crippen molar-refractivity contribution < 1.29 is 9.68 Å². The number of hydrogen-bond donors (Lipinski definition) is 1. The molecule has 2 nitrogen and oxygen atoms in total. The monoisotopic (exact) mass is 128 g/mol. The molecule has 0 amide bonds. The Balaban J connectivity index is 3.59. The van der Waals surface area contributed by atoms with Gasteiger partial charge in [0.15, 0.2) is 0 Å². The fraction of sp³-hybridized carbons (Fsp3) is 0.667. The van der Waals surface area contributed by atoms with Crippen LogP contribution in [-0.2, 0) is 4.65 Å². The first-order valence-electron chi connectivity index (χ1n) is 2.94. The lowest BCUT2D eigenvalue weighted by atomic mass is 9.90. The van der Waals surface area contributed by atoms with Crippen LogP contribution in [0.15, 0.2) is 12.6 Å². The Kier molecular flexibility index (Phi) is 2.94. The van der Waals surface area contributed by atoms with Crippen molar-refractivity contribution in [2.24, 2.45) is 0 Å². The summed E-state index contributed by atoms with van der Waals surface area (Å²) in [6, 6.07) is 0. The van der Waals surface area contributed by atoms with Gasteiger partial charge in [-0.05, 0) is 20.8 Å². The molecule has 0 aliphatic carbocycles. The molecule has 0 fully saturated rings. The van der Waals surface area contributed by atoms with E-state index in [1.807, 2.05) is 20.8 Å². The molecule has 0 aliphatic rings. The average Bonchev–Trinajstić information content (AvgIpc) is 1.62. The van der Waals surface area contributed by atoms with Crippen molar-refractivity contribution >= 4 is 7.12 Å². The van der Waals surface area contributed by atoms with Crippen LogP contribution in [-0.4, -0.2) is 17.7 Å². The Morgan fingerprint density at radius 2 is 2.00 bits per heavy atom. The van der Waals surface area contributed by atoms with Crippen LogP contribution in [0.4, 0.5) is 0 Å². The minimum Gasteiger partial charge on any atom is -0.423 e. The normalized spacial score (nSPS) is 11.1. The molecule has 0 radical (unpaired) electrons. The van der Waals surface area contributed by atoms with E-state index in [0.717, 1.165) is 0 Å². The minimum atomic E-state index is -0.843. The van der Waals surface area contributed by atoms with E-state index >= 15 is 0 Å². The highest BCUT2D eigenvalue weighted by molar-refractivity contribution is 6.49. The summed E-state index contributed by atoms with van der Waals surface area (Å²) in [6.45, 7) is 8.99. The number of hydrogen-bond acceptors (Lipinski definition) is 2. The van der Waals surface area contributed by atoms with Crippen LogP contribution in [0.25, 0.3) is 0 Å². The van der Waals surface area contributed by atoms with Crippen LogP contribution in [0.2, 0.25) is 0 Å². The summed E-state index contributed by atoms with van der Waals surface area (Å²) in [7, 11) is -0.843. The summed E-state index contributed by atoms with van der Waals surface area (Å²) >= 11 is 0. The predicted octanol–water partition coefficient (Wildman–Crippen LogP) is 1.01. The molecule has 0 bridgehead atoms. The van der Waals surface area contributed by atoms with Crippen LogP contribution < -0.4 is 0 Å². The molecular formula is C6H13BO2. The second-order valence-corrected chi connectivity index (χ2v) is 2.86. The van der Waals surface area contributed by atoms with Gasteiger partial charge in [0.25, 0.3) is 0 Å². The van der Waals surface area contributed by atoms with E-state index in [1.54, 1.807) is 0 Å². The van der Waals surface area contributed by atoms with Gasteiger partial charge in [0.2, 0.25) is 0 Å². The van der Waals surface area contributed by atoms with Crippen molar-refractivity contribution in [3.8, 4) is 0 Å². The summed E-state index contributed by atoms with van der Waals surface area (Å²) in [6.07, 6.45) is 0. The number of rotatable bonds is 2. The van der Waals surface area contributed by atoms with Gasteiger partial charge in [0.1, 0.15) is 0 Å². The summed E-state index contributed by atoms with van der Waals surface area (Å²) in [5.41, 5.74) is -0.298. The average molecular weight is 128 g/mol. The second-order valence-electron chi connectivity index (χ2n) is 2.86. The topological polar surface area (TPSA) is 29.5 Å². The Hall–Kier alpha value is -0.275. The van der Waals surface area contributed by atoms with Gasteiger partial charge in [0.05, 0.1) is 0 Å². The van der Waals surface area contributed by atoms with Crippen molar-refractivity contribution in [2.75, 3.05) is 0 Å². The van der Waals surface area contributed by atoms with Crippen LogP contribution in [0.3, 0.4) is 0 Å². The quantitative estimate of drug-likeness (QED) is 0.562. The fourth-order valence-corrected chi connectivity index (χ4v) is 0.410. The highest BCUT2D eigenvalue weighted by Gasteiger charge is 2.17. The minimum absolute atomic E-state index is 0.298. The molecule has 0 rings (SSSR count). The van der Waals surface area contributed by atoms with Gasteiger partial charge >= 0.3 is 7.12 Å². The van der Waals surface area contributed by atoms with Crippen LogP contribution in [0.1, 0.15) is 20.8 Å².